The lowest BCUT2D eigenvalue weighted by molar-refractivity contribution is 0.0724. The Morgan fingerprint density at radius 2 is 2.09 bits per heavy atom. The van der Waals surface area contributed by atoms with Gasteiger partial charge in [-0.15, -0.1) is 0 Å². The van der Waals surface area contributed by atoms with Gasteiger partial charge >= 0.3 is 0 Å². The van der Waals surface area contributed by atoms with Crippen molar-refractivity contribution in [1.29, 1.82) is 0 Å². The van der Waals surface area contributed by atoms with E-state index in [9.17, 15) is 0 Å². The first-order valence-electron chi connectivity index (χ1n) is 4.90. The van der Waals surface area contributed by atoms with Gasteiger partial charge in [0.25, 0.3) is 0 Å². The highest BCUT2D eigenvalue weighted by Crippen LogP contribution is 2.41. The maximum atomic E-state index is 3.50. The molecule has 66 valence electrons. The van der Waals surface area contributed by atoms with Crippen molar-refractivity contribution in [2.75, 3.05) is 6.54 Å². The molecule has 0 spiro atoms. The summed E-state index contributed by atoms with van der Waals surface area (Å²) in [5.41, 5.74) is 0. The van der Waals surface area contributed by atoms with Crippen LogP contribution in [0.4, 0.5) is 0 Å². The van der Waals surface area contributed by atoms with E-state index < -0.39 is 0 Å². The fourth-order valence-electron chi connectivity index (χ4n) is 2.22. The zero-order valence-electron chi connectivity index (χ0n) is 8.22. The lowest BCUT2D eigenvalue weighted by Gasteiger charge is -2.44. The van der Waals surface area contributed by atoms with E-state index in [1.165, 1.54) is 6.42 Å². The number of nitrogens with one attached hydrogen (secondary N) is 1. The molecule has 4 unspecified atom stereocenters. The second-order valence-corrected chi connectivity index (χ2v) is 4.08. The third-order valence-corrected chi connectivity index (χ3v) is 3.39. The molecule has 0 aliphatic heterocycles. The summed E-state index contributed by atoms with van der Waals surface area (Å²) >= 11 is 0. The van der Waals surface area contributed by atoms with Gasteiger partial charge in [0, 0.05) is 6.04 Å². The van der Waals surface area contributed by atoms with Crippen LogP contribution in [0.15, 0.2) is 0 Å². The van der Waals surface area contributed by atoms with E-state index in [4.69, 9.17) is 0 Å². The molecule has 0 aromatic heterocycles. The summed E-state index contributed by atoms with van der Waals surface area (Å²) in [6.07, 6.45) is 1.43. The first-order valence-corrected chi connectivity index (χ1v) is 4.90. The topological polar surface area (TPSA) is 12.0 Å². The molecule has 1 aliphatic carbocycles. The molecule has 1 heteroatoms. The highest BCUT2D eigenvalue weighted by Gasteiger charge is 2.37. The summed E-state index contributed by atoms with van der Waals surface area (Å²) in [4.78, 5) is 0. The van der Waals surface area contributed by atoms with Crippen LogP contribution in [0.3, 0.4) is 0 Å². The van der Waals surface area contributed by atoms with E-state index in [-0.39, 0.29) is 0 Å². The number of hydrogen-bond acceptors (Lipinski definition) is 1. The molecule has 4 atom stereocenters. The van der Waals surface area contributed by atoms with Crippen molar-refractivity contribution in [1.82, 2.24) is 5.32 Å². The largest absolute Gasteiger partial charge is 0.314 e. The fourth-order valence-corrected chi connectivity index (χ4v) is 2.22. The number of hydrogen-bond donors (Lipinski definition) is 1. The van der Waals surface area contributed by atoms with E-state index >= 15 is 0 Å². The van der Waals surface area contributed by atoms with Crippen LogP contribution < -0.4 is 5.32 Å². The Hall–Kier alpha value is -0.0400. The molecule has 1 N–H and O–H groups in total. The Labute approximate surface area is 70.6 Å². The zero-order chi connectivity index (χ0) is 8.43. The van der Waals surface area contributed by atoms with Gasteiger partial charge in [-0.3, -0.25) is 0 Å². The van der Waals surface area contributed by atoms with Crippen molar-refractivity contribution in [3.63, 3.8) is 0 Å². The molecule has 0 amide bonds. The van der Waals surface area contributed by atoms with Gasteiger partial charge in [0.2, 0.25) is 0 Å². The lowest BCUT2D eigenvalue weighted by atomic mass is 9.64. The smallest absolute Gasteiger partial charge is 0.00696 e. The maximum Gasteiger partial charge on any atom is 0.00696 e. The Kier molecular flexibility index (Phi) is 2.94. The van der Waals surface area contributed by atoms with E-state index in [1.807, 2.05) is 0 Å². The third kappa shape index (κ3) is 1.76. The molecule has 0 saturated heterocycles. The van der Waals surface area contributed by atoms with Crippen LogP contribution in [0.5, 0.6) is 0 Å². The molecule has 1 fully saturated rings. The highest BCUT2D eigenvalue weighted by atomic mass is 14.9. The van der Waals surface area contributed by atoms with Crippen LogP contribution in [-0.4, -0.2) is 12.6 Å². The SMILES string of the molecule is CCNC(C)C1CC(C)C1C. The summed E-state index contributed by atoms with van der Waals surface area (Å²) in [5.74, 6) is 2.83. The average molecular weight is 155 g/mol. The Bertz CT molecular complexity index is 122. The molecule has 0 heterocycles. The van der Waals surface area contributed by atoms with E-state index in [0.29, 0.717) is 0 Å². The van der Waals surface area contributed by atoms with Crippen molar-refractivity contribution in [3.8, 4) is 0 Å². The minimum absolute atomic E-state index is 0.728. The predicted octanol–water partition coefficient (Wildman–Crippen LogP) is 2.28. The van der Waals surface area contributed by atoms with Crippen molar-refractivity contribution in [2.45, 2.75) is 40.2 Å². The molecule has 0 bridgehead atoms. The van der Waals surface area contributed by atoms with Gasteiger partial charge in [-0.25, -0.2) is 0 Å². The van der Waals surface area contributed by atoms with Crippen LogP contribution in [0.1, 0.15) is 34.1 Å². The van der Waals surface area contributed by atoms with Gasteiger partial charge < -0.3 is 5.32 Å². The van der Waals surface area contributed by atoms with Crippen LogP contribution in [-0.2, 0) is 0 Å². The quantitative estimate of drug-likeness (QED) is 0.659. The molecule has 0 aromatic rings. The molecular weight excluding hydrogens is 134 g/mol. The monoisotopic (exact) mass is 155 g/mol. The molecule has 0 radical (unpaired) electrons. The van der Waals surface area contributed by atoms with Crippen LogP contribution in [0, 0.1) is 17.8 Å². The summed E-state index contributed by atoms with van der Waals surface area (Å²) in [5, 5.41) is 3.50. The Balaban J connectivity index is 2.27. The van der Waals surface area contributed by atoms with Gasteiger partial charge in [-0.05, 0) is 37.6 Å². The number of rotatable bonds is 3. The summed E-state index contributed by atoms with van der Waals surface area (Å²) < 4.78 is 0. The average Bonchev–Trinajstić information content (AvgIpc) is 1.99. The molecule has 0 aromatic carbocycles. The standard InChI is InChI=1S/C10H21N/c1-5-11-9(4)10-6-7(2)8(10)3/h7-11H,5-6H2,1-4H3. The van der Waals surface area contributed by atoms with Crippen LogP contribution in [0.2, 0.25) is 0 Å². The second-order valence-electron chi connectivity index (χ2n) is 4.08. The first-order chi connectivity index (χ1) is 5.16. The minimum atomic E-state index is 0.728. The second kappa shape index (κ2) is 3.57. The van der Waals surface area contributed by atoms with E-state index in [1.54, 1.807) is 0 Å². The van der Waals surface area contributed by atoms with E-state index in [2.05, 4.69) is 33.0 Å². The molecule has 1 rings (SSSR count). The van der Waals surface area contributed by atoms with Crippen molar-refractivity contribution in [3.05, 3.63) is 0 Å². The Morgan fingerprint density at radius 3 is 2.45 bits per heavy atom. The van der Waals surface area contributed by atoms with Crippen molar-refractivity contribution >= 4 is 0 Å². The van der Waals surface area contributed by atoms with Crippen LogP contribution >= 0.6 is 0 Å². The van der Waals surface area contributed by atoms with Gasteiger partial charge in [-0.1, -0.05) is 20.8 Å². The summed E-state index contributed by atoms with van der Waals surface area (Å²) in [7, 11) is 0. The van der Waals surface area contributed by atoms with Gasteiger partial charge in [0.05, 0.1) is 0 Å². The Morgan fingerprint density at radius 1 is 1.45 bits per heavy atom. The summed E-state index contributed by atoms with van der Waals surface area (Å²) in [6.45, 7) is 10.4. The minimum Gasteiger partial charge on any atom is -0.314 e. The molecule has 11 heavy (non-hydrogen) atoms. The normalized spacial score (nSPS) is 39.8. The fraction of sp³-hybridized carbons (Fsp3) is 1.00. The molecular formula is C10H21N. The van der Waals surface area contributed by atoms with Gasteiger partial charge in [0.1, 0.15) is 0 Å². The van der Waals surface area contributed by atoms with Crippen molar-refractivity contribution in [2.24, 2.45) is 17.8 Å². The van der Waals surface area contributed by atoms with Crippen LogP contribution in [0.25, 0.3) is 0 Å². The third-order valence-electron chi connectivity index (χ3n) is 3.39. The summed E-state index contributed by atoms with van der Waals surface area (Å²) in [6, 6.07) is 0.728. The maximum absolute atomic E-state index is 3.50. The van der Waals surface area contributed by atoms with Gasteiger partial charge in [0.15, 0.2) is 0 Å². The first kappa shape index (κ1) is 9.05. The predicted molar refractivity (Wildman–Crippen MR) is 49.6 cm³/mol. The van der Waals surface area contributed by atoms with Crippen molar-refractivity contribution < 1.29 is 0 Å². The zero-order valence-corrected chi connectivity index (χ0v) is 8.22. The lowest BCUT2D eigenvalue weighted by Crippen LogP contribution is -2.45. The van der Waals surface area contributed by atoms with Gasteiger partial charge in [-0.2, -0.15) is 0 Å². The van der Waals surface area contributed by atoms with E-state index in [0.717, 1.165) is 30.3 Å². The molecule has 1 saturated carbocycles. The highest BCUT2D eigenvalue weighted by molar-refractivity contribution is 4.89. The molecule has 1 nitrogen and oxygen atoms in total. The molecule has 1 aliphatic rings.